The third-order valence-electron chi connectivity index (χ3n) is 2.87. The summed E-state index contributed by atoms with van der Waals surface area (Å²) >= 11 is 0. The van der Waals surface area contributed by atoms with Gasteiger partial charge in [0.15, 0.2) is 6.61 Å². The number of hydrazine groups is 1. The highest BCUT2D eigenvalue weighted by Gasteiger charge is 2.03. The zero-order valence-corrected chi connectivity index (χ0v) is 11.9. The zero-order valence-electron chi connectivity index (χ0n) is 11.9. The highest BCUT2D eigenvalue weighted by Crippen LogP contribution is 2.10. The Hall–Kier alpha value is -2.75. The van der Waals surface area contributed by atoms with E-state index in [0.717, 1.165) is 5.56 Å². The van der Waals surface area contributed by atoms with Gasteiger partial charge >= 0.3 is 0 Å². The molecule has 4 heteroatoms. The Morgan fingerprint density at radius 3 is 2.38 bits per heavy atom. The first-order valence-corrected chi connectivity index (χ1v) is 6.64. The van der Waals surface area contributed by atoms with Gasteiger partial charge in [0.1, 0.15) is 5.75 Å². The molecule has 2 aromatic rings. The number of hydrogen-bond acceptors (Lipinski definition) is 3. The van der Waals surface area contributed by atoms with Crippen LogP contribution in [0.3, 0.4) is 0 Å². The van der Waals surface area contributed by atoms with Crippen LogP contribution in [-0.2, 0) is 4.79 Å². The van der Waals surface area contributed by atoms with Crippen LogP contribution in [0.4, 0.5) is 0 Å². The van der Waals surface area contributed by atoms with E-state index in [4.69, 9.17) is 4.74 Å². The van der Waals surface area contributed by atoms with Gasteiger partial charge in [-0.1, -0.05) is 54.6 Å². The molecule has 0 aliphatic heterocycles. The van der Waals surface area contributed by atoms with E-state index in [0.29, 0.717) is 11.4 Å². The van der Waals surface area contributed by atoms with Crippen molar-refractivity contribution in [3.05, 3.63) is 72.3 Å². The second kappa shape index (κ2) is 7.14. The summed E-state index contributed by atoms with van der Waals surface area (Å²) in [5.74, 6) is 0.386. The highest BCUT2D eigenvalue weighted by molar-refractivity contribution is 5.78. The molecule has 0 unspecified atom stereocenters. The van der Waals surface area contributed by atoms with Crippen molar-refractivity contribution in [1.82, 2.24) is 10.9 Å². The molecule has 0 aromatic heterocycles. The first-order chi connectivity index (χ1) is 10.1. The Labute approximate surface area is 124 Å². The molecule has 0 spiro atoms. The fourth-order valence-electron chi connectivity index (χ4n) is 1.67. The van der Waals surface area contributed by atoms with Gasteiger partial charge < -0.3 is 4.74 Å². The fourth-order valence-corrected chi connectivity index (χ4v) is 1.67. The van der Waals surface area contributed by atoms with Gasteiger partial charge in [0, 0.05) is 0 Å². The van der Waals surface area contributed by atoms with Crippen LogP contribution >= 0.6 is 0 Å². The van der Waals surface area contributed by atoms with Crippen LogP contribution in [0.25, 0.3) is 5.70 Å². The maximum absolute atomic E-state index is 11.7. The molecule has 0 aliphatic carbocycles. The fraction of sp³-hybridized carbons (Fsp3) is 0.118. The van der Waals surface area contributed by atoms with Crippen LogP contribution in [0.5, 0.6) is 5.75 Å². The van der Waals surface area contributed by atoms with E-state index in [1.54, 1.807) is 12.1 Å². The number of benzene rings is 2. The number of ether oxygens (including phenoxy) is 1. The zero-order chi connectivity index (χ0) is 15.1. The predicted molar refractivity (Wildman–Crippen MR) is 83.4 cm³/mol. The number of rotatable bonds is 6. The van der Waals surface area contributed by atoms with Gasteiger partial charge in [0.05, 0.1) is 5.70 Å². The Balaban J connectivity index is 1.76. The van der Waals surface area contributed by atoms with Crippen molar-refractivity contribution in [3.8, 4) is 5.75 Å². The molecule has 1 amide bonds. The van der Waals surface area contributed by atoms with Crippen LogP contribution < -0.4 is 15.6 Å². The van der Waals surface area contributed by atoms with E-state index in [1.807, 2.05) is 49.4 Å². The summed E-state index contributed by atoms with van der Waals surface area (Å²) in [4.78, 5) is 11.7. The lowest BCUT2D eigenvalue weighted by Crippen LogP contribution is -2.38. The summed E-state index contributed by atoms with van der Waals surface area (Å²) in [5, 5.41) is 0. The van der Waals surface area contributed by atoms with Gasteiger partial charge in [-0.15, -0.1) is 0 Å². The molecular weight excluding hydrogens is 264 g/mol. The van der Waals surface area contributed by atoms with E-state index in [-0.39, 0.29) is 12.5 Å². The van der Waals surface area contributed by atoms with E-state index in [9.17, 15) is 4.79 Å². The topological polar surface area (TPSA) is 50.4 Å². The van der Waals surface area contributed by atoms with E-state index in [2.05, 4.69) is 17.4 Å². The van der Waals surface area contributed by atoms with Gasteiger partial charge in [-0.2, -0.15) is 0 Å². The monoisotopic (exact) mass is 282 g/mol. The van der Waals surface area contributed by atoms with Gasteiger partial charge in [-0.25, -0.2) is 0 Å². The summed E-state index contributed by atoms with van der Waals surface area (Å²) in [7, 11) is 0. The van der Waals surface area contributed by atoms with Crippen molar-refractivity contribution >= 4 is 11.6 Å². The molecule has 0 bridgehead atoms. The molecule has 0 saturated heterocycles. The molecule has 0 atom stereocenters. The Kier molecular flexibility index (Phi) is 4.99. The van der Waals surface area contributed by atoms with E-state index in [1.165, 1.54) is 5.56 Å². The lowest BCUT2D eigenvalue weighted by Gasteiger charge is -2.12. The standard InChI is InChI=1S/C17H18N2O2/c1-13-8-10-15(11-9-13)14(2)18-19-17(20)12-21-16-6-4-3-5-7-16/h3-11,18H,2,12H2,1H3,(H,19,20). The van der Waals surface area contributed by atoms with Crippen molar-refractivity contribution < 1.29 is 9.53 Å². The highest BCUT2D eigenvalue weighted by atomic mass is 16.5. The van der Waals surface area contributed by atoms with Crippen molar-refractivity contribution in [2.24, 2.45) is 0 Å². The molecule has 2 N–H and O–H groups in total. The van der Waals surface area contributed by atoms with Gasteiger partial charge in [-0.05, 0) is 24.6 Å². The van der Waals surface area contributed by atoms with Crippen LogP contribution in [0, 0.1) is 6.92 Å². The predicted octanol–water partition coefficient (Wildman–Crippen LogP) is 2.67. The van der Waals surface area contributed by atoms with Crippen molar-refractivity contribution in [3.63, 3.8) is 0 Å². The number of nitrogens with one attached hydrogen (secondary N) is 2. The summed E-state index contributed by atoms with van der Waals surface area (Å²) < 4.78 is 5.34. The maximum Gasteiger partial charge on any atom is 0.276 e. The lowest BCUT2D eigenvalue weighted by atomic mass is 10.1. The minimum atomic E-state index is -0.271. The minimum Gasteiger partial charge on any atom is -0.484 e. The number of para-hydroxylation sites is 1. The van der Waals surface area contributed by atoms with Crippen molar-refractivity contribution in [1.29, 1.82) is 0 Å². The minimum absolute atomic E-state index is 0.0574. The summed E-state index contributed by atoms with van der Waals surface area (Å²) in [6, 6.07) is 17.0. The lowest BCUT2D eigenvalue weighted by molar-refractivity contribution is -0.123. The van der Waals surface area contributed by atoms with Crippen LogP contribution in [-0.4, -0.2) is 12.5 Å². The molecule has 108 valence electrons. The molecule has 0 heterocycles. The first kappa shape index (κ1) is 14.7. The average Bonchev–Trinajstić information content (AvgIpc) is 2.52. The number of carbonyl (C=O) groups excluding carboxylic acids is 1. The smallest absolute Gasteiger partial charge is 0.276 e. The molecule has 0 saturated carbocycles. The van der Waals surface area contributed by atoms with Crippen LogP contribution in [0.1, 0.15) is 11.1 Å². The van der Waals surface area contributed by atoms with E-state index < -0.39 is 0 Å². The van der Waals surface area contributed by atoms with Gasteiger partial charge in [0.25, 0.3) is 5.91 Å². The van der Waals surface area contributed by atoms with Gasteiger partial charge in [0.2, 0.25) is 0 Å². The molecule has 0 fully saturated rings. The molecule has 0 aliphatic rings. The van der Waals surface area contributed by atoms with Crippen LogP contribution in [0.2, 0.25) is 0 Å². The maximum atomic E-state index is 11.7. The number of hydrogen-bond donors (Lipinski definition) is 2. The van der Waals surface area contributed by atoms with Gasteiger partial charge in [-0.3, -0.25) is 15.6 Å². The molecular formula is C17H18N2O2. The Morgan fingerprint density at radius 2 is 1.71 bits per heavy atom. The third kappa shape index (κ3) is 4.69. The summed E-state index contributed by atoms with van der Waals surface area (Å²) in [5.41, 5.74) is 8.05. The number of carbonyl (C=O) groups is 1. The normalized spacial score (nSPS) is 9.76. The second-order valence-corrected chi connectivity index (χ2v) is 4.62. The van der Waals surface area contributed by atoms with Crippen LogP contribution in [0.15, 0.2) is 61.2 Å². The molecule has 0 radical (unpaired) electrons. The van der Waals surface area contributed by atoms with Crippen molar-refractivity contribution in [2.45, 2.75) is 6.92 Å². The SMILES string of the molecule is C=C(NNC(=O)COc1ccccc1)c1ccc(C)cc1. The molecule has 2 aromatic carbocycles. The average molecular weight is 282 g/mol. The third-order valence-corrected chi connectivity index (χ3v) is 2.87. The number of amides is 1. The summed E-state index contributed by atoms with van der Waals surface area (Å²) in [6.45, 7) is 5.84. The Bertz CT molecular complexity index is 606. The quantitative estimate of drug-likeness (QED) is 0.801. The molecule has 21 heavy (non-hydrogen) atoms. The second-order valence-electron chi connectivity index (χ2n) is 4.62. The van der Waals surface area contributed by atoms with E-state index >= 15 is 0 Å². The molecule has 2 rings (SSSR count). The largest absolute Gasteiger partial charge is 0.484 e. The number of aryl methyl sites for hydroxylation is 1. The first-order valence-electron chi connectivity index (χ1n) is 6.64. The van der Waals surface area contributed by atoms with Crippen molar-refractivity contribution in [2.75, 3.05) is 6.61 Å². The summed E-state index contributed by atoms with van der Waals surface area (Å²) in [6.07, 6.45) is 0. The Morgan fingerprint density at radius 1 is 1.05 bits per heavy atom. The molecule has 4 nitrogen and oxygen atoms in total.